The van der Waals surface area contributed by atoms with Crippen molar-refractivity contribution in [2.75, 3.05) is 11.9 Å². The number of esters is 1. The van der Waals surface area contributed by atoms with Crippen LogP contribution in [0.3, 0.4) is 0 Å². The fourth-order valence-corrected chi connectivity index (χ4v) is 2.36. The number of benzene rings is 2. The van der Waals surface area contributed by atoms with E-state index in [1.165, 1.54) is 54.6 Å². The normalized spacial score (nSPS) is 11.3. The van der Waals surface area contributed by atoms with Gasteiger partial charge in [-0.2, -0.15) is 0 Å². The zero-order valence-corrected chi connectivity index (χ0v) is 14.2. The van der Waals surface area contributed by atoms with Gasteiger partial charge < -0.3 is 10.1 Å². The minimum absolute atomic E-state index is 0.0899. The molecule has 2 rings (SSSR count). The maximum atomic E-state index is 12.8. The van der Waals surface area contributed by atoms with E-state index in [-0.39, 0.29) is 4.90 Å². The molecule has 2 aromatic carbocycles. The van der Waals surface area contributed by atoms with Crippen LogP contribution in [0.4, 0.5) is 10.1 Å². The molecule has 0 aliphatic rings. The van der Waals surface area contributed by atoms with Crippen molar-refractivity contribution >= 4 is 33.7 Å². The monoisotopic (exact) mass is 378 g/mol. The Bertz CT molecular complexity index is 923. The second-order valence-electron chi connectivity index (χ2n) is 5.11. The smallest absolute Gasteiger partial charge is 0.331 e. The topological polar surface area (TPSA) is 116 Å². The molecule has 0 aliphatic carbocycles. The third kappa shape index (κ3) is 6.11. The number of hydrogen-bond acceptors (Lipinski definition) is 5. The predicted octanol–water partition coefficient (Wildman–Crippen LogP) is 1.67. The molecule has 1 amide bonds. The van der Waals surface area contributed by atoms with Crippen molar-refractivity contribution in [3.63, 3.8) is 0 Å². The van der Waals surface area contributed by atoms with Gasteiger partial charge in [0, 0.05) is 11.8 Å². The molecule has 0 saturated heterocycles. The molecule has 0 fully saturated rings. The molecule has 0 unspecified atom stereocenters. The Morgan fingerprint density at radius 1 is 1.08 bits per heavy atom. The number of primary sulfonamides is 1. The van der Waals surface area contributed by atoms with Crippen LogP contribution >= 0.6 is 0 Å². The average molecular weight is 378 g/mol. The summed E-state index contributed by atoms with van der Waals surface area (Å²) in [6.45, 7) is -0.524. The Balaban J connectivity index is 1.82. The summed E-state index contributed by atoms with van der Waals surface area (Å²) in [7, 11) is -3.81. The minimum atomic E-state index is -3.81. The zero-order valence-electron chi connectivity index (χ0n) is 13.4. The first kappa shape index (κ1) is 19.3. The number of sulfonamides is 1. The van der Waals surface area contributed by atoms with E-state index in [1.54, 1.807) is 0 Å². The second-order valence-corrected chi connectivity index (χ2v) is 6.67. The first-order valence-corrected chi connectivity index (χ1v) is 8.82. The zero-order chi connectivity index (χ0) is 19.2. The lowest BCUT2D eigenvalue weighted by Gasteiger charge is -2.06. The maximum absolute atomic E-state index is 12.8. The van der Waals surface area contributed by atoms with Gasteiger partial charge in [-0.15, -0.1) is 0 Å². The summed E-state index contributed by atoms with van der Waals surface area (Å²) in [6, 6.07) is 10.7. The van der Waals surface area contributed by atoms with Gasteiger partial charge in [-0.25, -0.2) is 22.7 Å². The van der Waals surface area contributed by atoms with Gasteiger partial charge in [0.15, 0.2) is 6.61 Å². The number of carbonyl (C=O) groups excluding carboxylic acids is 2. The number of carbonyl (C=O) groups is 2. The summed E-state index contributed by atoms with van der Waals surface area (Å²) in [5, 5.41) is 7.41. The quantitative estimate of drug-likeness (QED) is 0.586. The van der Waals surface area contributed by atoms with Gasteiger partial charge in [-0.3, -0.25) is 4.79 Å². The van der Waals surface area contributed by atoms with E-state index in [2.05, 4.69) is 5.32 Å². The first-order chi connectivity index (χ1) is 12.2. The van der Waals surface area contributed by atoms with Crippen LogP contribution in [0.1, 0.15) is 5.56 Å². The molecule has 2 aromatic rings. The van der Waals surface area contributed by atoms with Crippen LogP contribution in [0, 0.1) is 5.82 Å². The van der Waals surface area contributed by atoms with Gasteiger partial charge in [-0.1, -0.05) is 12.1 Å². The number of ether oxygens (including phenoxy) is 1. The Hall–Kier alpha value is -3.04. The highest BCUT2D eigenvalue weighted by atomic mass is 32.2. The third-order valence-corrected chi connectivity index (χ3v) is 4.02. The molecule has 0 aromatic heterocycles. The van der Waals surface area contributed by atoms with Gasteiger partial charge in [0.25, 0.3) is 5.91 Å². The van der Waals surface area contributed by atoms with E-state index < -0.39 is 34.3 Å². The molecule has 0 radical (unpaired) electrons. The van der Waals surface area contributed by atoms with Crippen LogP contribution < -0.4 is 10.5 Å². The molecule has 3 N–H and O–H groups in total. The van der Waals surface area contributed by atoms with Gasteiger partial charge >= 0.3 is 5.97 Å². The van der Waals surface area contributed by atoms with E-state index in [9.17, 15) is 22.4 Å². The molecule has 0 heterocycles. The van der Waals surface area contributed by atoms with Gasteiger partial charge in [0.1, 0.15) is 5.82 Å². The lowest BCUT2D eigenvalue weighted by atomic mass is 10.2. The van der Waals surface area contributed by atoms with Crippen molar-refractivity contribution in [2.24, 2.45) is 5.14 Å². The molecule has 9 heteroatoms. The van der Waals surface area contributed by atoms with Crippen molar-refractivity contribution in [3.8, 4) is 0 Å². The molecule has 0 saturated carbocycles. The number of anilines is 1. The molecule has 0 aliphatic heterocycles. The Morgan fingerprint density at radius 2 is 1.69 bits per heavy atom. The lowest BCUT2D eigenvalue weighted by molar-refractivity contribution is -0.142. The predicted molar refractivity (Wildman–Crippen MR) is 92.8 cm³/mol. The number of nitrogens with two attached hydrogens (primary N) is 1. The standard InChI is InChI=1S/C17H15FN2O5S/c18-13-4-1-12(2-5-13)3-10-17(22)25-11-16(21)20-14-6-8-15(9-7-14)26(19,23)24/h1-10H,11H2,(H,20,21)(H2,19,23,24)/b10-3+. The summed E-state index contributed by atoms with van der Waals surface area (Å²) in [5.41, 5.74) is 0.919. The van der Waals surface area contributed by atoms with Crippen molar-refractivity contribution in [1.82, 2.24) is 0 Å². The summed E-state index contributed by atoms with van der Waals surface area (Å²) in [5.74, 6) is -1.73. The van der Waals surface area contributed by atoms with E-state index >= 15 is 0 Å². The highest BCUT2D eigenvalue weighted by Crippen LogP contribution is 2.12. The highest BCUT2D eigenvalue weighted by Gasteiger charge is 2.09. The summed E-state index contributed by atoms with van der Waals surface area (Å²) >= 11 is 0. The van der Waals surface area contributed by atoms with Crippen LogP contribution in [-0.4, -0.2) is 26.9 Å². The van der Waals surface area contributed by atoms with Gasteiger partial charge in [0.05, 0.1) is 4.90 Å². The van der Waals surface area contributed by atoms with Crippen molar-refractivity contribution in [1.29, 1.82) is 0 Å². The van der Waals surface area contributed by atoms with Crippen LogP contribution in [0.2, 0.25) is 0 Å². The van der Waals surface area contributed by atoms with Crippen molar-refractivity contribution in [2.45, 2.75) is 4.90 Å². The third-order valence-electron chi connectivity index (χ3n) is 3.09. The SMILES string of the molecule is NS(=O)(=O)c1ccc(NC(=O)COC(=O)/C=C/c2ccc(F)cc2)cc1. The minimum Gasteiger partial charge on any atom is -0.452 e. The van der Waals surface area contributed by atoms with E-state index in [1.807, 2.05) is 0 Å². The molecule has 0 spiro atoms. The van der Waals surface area contributed by atoms with Crippen LogP contribution in [0.15, 0.2) is 59.5 Å². The van der Waals surface area contributed by atoms with E-state index in [4.69, 9.17) is 9.88 Å². The van der Waals surface area contributed by atoms with Crippen LogP contribution in [-0.2, 0) is 24.3 Å². The van der Waals surface area contributed by atoms with Crippen LogP contribution in [0.25, 0.3) is 6.08 Å². The van der Waals surface area contributed by atoms with Crippen molar-refractivity contribution < 1.29 is 27.1 Å². The number of nitrogens with one attached hydrogen (secondary N) is 1. The van der Waals surface area contributed by atoms with Crippen molar-refractivity contribution in [3.05, 3.63) is 66.0 Å². The molecule has 136 valence electrons. The average Bonchev–Trinajstić information content (AvgIpc) is 2.59. The lowest BCUT2D eigenvalue weighted by Crippen LogP contribution is -2.20. The number of amides is 1. The number of rotatable bonds is 6. The van der Waals surface area contributed by atoms with E-state index in [0.29, 0.717) is 11.3 Å². The molecular formula is C17H15FN2O5S. The van der Waals surface area contributed by atoms with Gasteiger partial charge in [0.2, 0.25) is 10.0 Å². The van der Waals surface area contributed by atoms with Crippen LogP contribution in [0.5, 0.6) is 0 Å². The van der Waals surface area contributed by atoms with Gasteiger partial charge in [-0.05, 0) is 48.0 Å². The fraction of sp³-hybridized carbons (Fsp3) is 0.0588. The largest absolute Gasteiger partial charge is 0.452 e. The summed E-state index contributed by atoms with van der Waals surface area (Å²) < 4.78 is 39.8. The number of hydrogen-bond donors (Lipinski definition) is 2. The second kappa shape index (κ2) is 8.37. The maximum Gasteiger partial charge on any atom is 0.331 e. The molecular weight excluding hydrogens is 363 g/mol. The molecule has 0 bridgehead atoms. The molecule has 0 atom stereocenters. The summed E-state index contributed by atoms with van der Waals surface area (Å²) in [4.78, 5) is 23.2. The Morgan fingerprint density at radius 3 is 2.27 bits per heavy atom. The fourth-order valence-electron chi connectivity index (χ4n) is 1.85. The summed E-state index contributed by atoms with van der Waals surface area (Å²) in [6.07, 6.45) is 2.53. The number of halogens is 1. The molecule has 7 nitrogen and oxygen atoms in total. The highest BCUT2D eigenvalue weighted by molar-refractivity contribution is 7.89. The first-order valence-electron chi connectivity index (χ1n) is 7.27. The van der Waals surface area contributed by atoms with E-state index in [0.717, 1.165) is 6.08 Å². The Kier molecular flexibility index (Phi) is 6.21. The Labute approximate surface area is 149 Å². The molecule has 26 heavy (non-hydrogen) atoms.